The molecular formula is C19H25NO3. The van der Waals surface area contributed by atoms with Crippen molar-refractivity contribution in [2.45, 2.75) is 33.2 Å². The molecule has 0 radical (unpaired) electrons. The van der Waals surface area contributed by atoms with E-state index >= 15 is 0 Å². The van der Waals surface area contributed by atoms with Crippen LogP contribution in [0.2, 0.25) is 0 Å². The third kappa shape index (κ3) is 4.01. The molecule has 124 valence electrons. The third-order valence-electron chi connectivity index (χ3n) is 4.73. The van der Waals surface area contributed by atoms with Crippen molar-refractivity contribution in [3.8, 4) is 0 Å². The van der Waals surface area contributed by atoms with Gasteiger partial charge in [-0.2, -0.15) is 0 Å². The van der Waals surface area contributed by atoms with Crippen LogP contribution in [-0.2, 0) is 11.3 Å². The molecule has 3 rings (SSSR count). The van der Waals surface area contributed by atoms with Gasteiger partial charge in [-0.25, -0.2) is 4.79 Å². The van der Waals surface area contributed by atoms with Crippen molar-refractivity contribution in [1.82, 2.24) is 4.90 Å². The van der Waals surface area contributed by atoms with Gasteiger partial charge in [0.05, 0.1) is 0 Å². The van der Waals surface area contributed by atoms with E-state index in [2.05, 4.69) is 24.0 Å². The summed E-state index contributed by atoms with van der Waals surface area (Å²) in [7, 11) is 0. The van der Waals surface area contributed by atoms with Crippen molar-refractivity contribution in [2.75, 3.05) is 26.3 Å². The van der Waals surface area contributed by atoms with Crippen molar-refractivity contribution >= 4 is 11.0 Å². The van der Waals surface area contributed by atoms with E-state index in [0.717, 1.165) is 62.6 Å². The molecule has 1 aliphatic heterocycles. The fourth-order valence-electron chi connectivity index (χ4n) is 3.33. The average Bonchev–Trinajstić information content (AvgIpc) is 2.54. The molecule has 0 aliphatic carbocycles. The van der Waals surface area contributed by atoms with Crippen LogP contribution >= 0.6 is 0 Å². The Morgan fingerprint density at radius 2 is 2.00 bits per heavy atom. The average molecular weight is 315 g/mol. The molecule has 0 atom stereocenters. The maximum Gasteiger partial charge on any atom is 0.336 e. The van der Waals surface area contributed by atoms with Crippen LogP contribution in [0.1, 0.15) is 30.9 Å². The van der Waals surface area contributed by atoms with Crippen LogP contribution in [0.25, 0.3) is 11.0 Å². The number of hydrogen-bond acceptors (Lipinski definition) is 4. The molecule has 0 N–H and O–H groups in total. The van der Waals surface area contributed by atoms with Crippen molar-refractivity contribution in [1.29, 1.82) is 0 Å². The Hall–Kier alpha value is -1.65. The van der Waals surface area contributed by atoms with E-state index in [0.29, 0.717) is 5.58 Å². The number of ether oxygens (including phenoxy) is 1. The minimum atomic E-state index is -0.276. The second kappa shape index (κ2) is 7.28. The van der Waals surface area contributed by atoms with Crippen molar-refractivity contribution in [3.63, 3.8) is 0 Å². The largest absolute Gasteiger partial charge is 0.423 e. The zero-order valence-electron chi connectivity index (χ0n) is 14.0. The van der Waals surface area contributed by atoms with Crippen molar-refractivity contribution in [3.05, 3.63) is 45.8 Å². The number of aryl methyl sites for hydroxylation is 1. The first-order valence-electron chi connectivity index (χ1n) is 8.49. The predicted molar refractivity (Wildman–Crippen MR) is 91.7 cm³/mol. The van der Waals surface area contributed by atoms with Crippen molar-refractivity contribution < 1.29 is 9.15 Å². The van der Waals surface area contributed by atoms with E-state index < -0.39 is 0 Å². The van der Waals surface area contributed by atoms with Gasteiger partial charge in [0.1, 0.15) is 5.58 Å². The maximum absolute atomic E-state index is 11.6. The summed E-state index contributed by atoms with van der Waals surface area (Å²) in [6, 6.07) is 7.76. The monoisotopic (exact) mass is 315 g/mol. The van der Waals surface area contributed by atoms with E-state index in [4.69, 9.17) is 9.15 Å². The van der Waals surface area contributed by atoms with Gasteiger partial charge in [-0.3, -0.25) is 4.90 Å². The van der Waals surface area contributed by atoms with Gasteiger partial charge >= 0.3 is 5.63 Å². The van der Waals surface area contributed by atoms with Crippen LogP contribution in [-0.4, -0.2) is 31.2 Å². The van der Waals surface area contributed by atoms with Gasteiger partial charge in [0.2, 0.25) is 0 Å². The first-order valence-corrected chi connectivity index (χ1v) is 8.49. The Morgan fingerprint density at radius 3 is 2.74 bits per heavy atom. The van der Waals surface area contributed by atoms with Crippen LogP contribution < -0.4 is 5.63 Å². The summed E-state index contributed by atoms with van der Waals surface area (Å²) in [5.41, 5.74) is 2.58. The smallest absolute Gasteiger partial charge is 0.336 e. The first kappa shape index (κ1) is 16.2. The second-order valence-corrected chi connectivity index (χ2v) is 6.46. The predicted octanol–water partition coefficient (Wildman–Crippen LogP) is 3.35. The lowest BCUT2D eigenvalue weighted by Gasteiger charge is -2.29. The SMILES string of the molecule is CCN(Cc1ccc2c(C)cc(=O)oc2c1)CC1CCOCC1. The fourth-order valence-corrected chi connectivity index (χ4v) is 3.33. The maximum atomic E-state index is 11.6. The van der Waals surface area contributed by atoms with E-state index in [9.17, 15) is 4.79 Å². The molecule has 1 fully saturated rings. The summed E-state index contributed by atoms with van der Waals surface area (Å²) in [5.74, 6) is 0.726. The minimum Gasteiger partial charge on any atom is -0.423 e. The lowest BCUT2D eigenvalue weighted by atomic mass is 9.99. The molecule has 1 aromatic carbocycles. The van der Waals surface area contributed by atoms with E-state index in [1.54, 1.807) is 6.07 Å². The molecule has 2 heterocycles. The molecule has 0 saturated carbocycles. The summed E-state index contributed by atoms with van der Waals surface area (Å²) in [4.78, 5) is 14.0. The Labute approximate surface area is 137 Å². The van der Waals surface area contributed by atoms with E-state index in [-0.39, 0.29) is 5.63 Å². The van der Waals surface area contributed by atoms with Gasteiger partial charge in [0.15, 0.2) is 0 Å². The Morgan fingerprint density at radius 1 is 1.22 bits per heavy atom. The number of rotatable bonds is 5. The standard InChI is InChI=1S/C19H25NO3/c1-3-20(12-15-6-8-22-9-7-15)13-16-4-5-17-14(2)10-19(21)23-18(17)11-16/h4-5,10-11,15H,3,6-9,12-13H2,1-2H3. The van der Waals surface area contributed by atoms with Crippen LogP contribution in [0.15, 0.2) is 33.5 Å². The summed E-state index contributed by atoms with van der Waals surface area (Å²) in [6.45, 7) is 8.95. The summed E-state index contributed by atoms with van der Waals surface area (Å²) in [5, 5.41) is 1.01. The second-order valence-electron chi connectivity index (χ2n) is 6.46. The highest BCUT2D eigenvalue weighted by atomic mass is 16.5. The fraction of sp³-hybridized carbons (Fsp3) is 0.526. The molecule has 0 amide bonds. The summed E-state index contributed by atoms with van der Waals surface area (Å²) >= 11 is 0. The van der Waals surface area contributed by atoms with Crippen molar-refractivity contribution in [2.24, 2.45) is 5.92 Å². The molecule has 1 aliphatic rings. The topological polar surface area (TPSA) is 42.7 Å². The van der Waals surface area contributed by atoms with Gasteiger partial charge in [-0.1, -0.05) is 19.1 Å². The molecule has 0 bridgehead atoms. The van der Waals surface area contributed by atoms with Crippen LogP contribution in [0, 0.1) is 12.8 Å². The molecule has 0 spiro atoms. The molecule has 0 unspecified atom stereocenters. The quantitative estimate of drug-likeness (QED) is 0.794. The van der Waals surface area contributed by atoms with E-state index in [1.165, 1.54) is 5.56 Å². The minimum absolute atomic E-state index is 0.276. The lowest BCUT2D eigenvalue weighted by Crippen LogP contribution is -2.32. The highest BCUT2D eigenvalue weighted by Crippen LogP contribution is 2.21. The molecule has 4 heteroatoms. The highest BCUT2D eigenvalue weighted by Gasteiger charge is 2.17. The molecule has 2 aromatic rings. The zero-order valence-corrected chi connectivity index (χ0v) is 14.0. The normalized spacial score (nSPS) is 16.3. The number of nitrogens with zero attached hydrogens (tertiary/aromatic N) is 1. The van der Waals surface area contributed by atoms with Crippen LogP contribution in [0.5, 0.6) is 0 Å². The van der Waals surface area contributed by atoms with Gasteiger partial charge in [0, 0.05) is 37.8 Å². The summed E-state index contributed by atoms with van der Waals surface area (Å²) < 4.78 is 10.8. The third-order valence-corrected chi connectivity index (χ3v) is 4.73. The number of benzene rings is 1. The van der Waals surface area contributed by atoms with Gasteiger partial charge < -0.3 is 9.15 Å². The number of fused-ring (bicyclic) bond motifs is 1. The zero-order chi connectivity index (χ0) is 16.2. The molecule has 1 aromatic heterocycles. The Bertz CT molecular complexity index is 716. The van der Waals surface area contributed by atoms with Gasteiger partial charge in [-0.05, 0) is 49.4 Å². The highest BCUT2D eigenvalue weighted by molar-refractivity contribution is 5.80. The first-order chi connectivity index (χ1) is 11.2. The van der Waals surface area contributed by atoms with Gasteiger partial charge in [0.25, 0.3) is 0 Å². The molecule has 1 saturated heterocycles. The van der Waals surface area contributed by atoms with Crippen LogP contribution in [0.3, 0.4) is 0 Å². The van der Waals surface area contributed by atoms with Crippen LogP contribution in [0.4, 0.5) is 0 Å². The molecular weight excluding hydrogens is 290 g/mol. The van der Waals surface area contributed by atoms with E-state index in [1.807, 2.05) is 13.0 Å². The summed E-state index contributed by atoms with van der Waals surface area (Å²) in [6.07, 6.45) is 2.31. The number of hydrogen-bond donors (Lipinski definition) is 0. The Kier molecular flexibility index (Phi) is 5.13. The molecule has 4 nitrogen and oxygen atoms in total. The van der Waals surface area contributed by atoms with Gasteiger partial charge in [-0.15, -0.1) is 0 Å². The lowest BCUT2D eigenvalue weighted by molar-refractivity contribution is 0.0522. The Balaban J connectivity index is 1.75. The molecule has 23 heavy (non-hydrogen) atoms.